The van der Waals surface area contributed by atoms with Crippen molar-refractivity contribution >= 4 is 0 Å². The number of nitrogens with zero attached hydrogens (tertiary/aromatic N) is 2. The first-order valence-corrected chi connectivity index (χ1v) is 7.41. The zero-order valence-corrected chi connectivity index (χ0v) is 13.2. The molecule has 4 nitrogen and oxygen atoms in total. The number of ether oxygens (including phenoxy) is 1. The highest BCUT2D eigenvalue weighted by atomic mass is 16.5. The van der Waals surface area contributed by atoms with Crippen molar-refractivity contribution in [3.05, 3.63) is 47.4 Å². The molecule has 0 atom stereocenters. The third kappa shape index (κ3) is 4.26. The van der Waals surface area contributed by atoms with Gasteiger partial charge in [-0.25, -0.2) is 4.98 Å². The van der Waals surface area contributed by atoms with Gasteiger partial charge in [-0.15, -0.1) is 0 Å². The zero-order valence-electron chi connectivity index (χ0n) is 13.2. The van der Waals surface area contributed by atoms with Crippen LogP contribution in [0.3, 0.4) is 0 Å². The lowest BCUT2D eigenvalue weighted by Gasteiger charge is -2.14. The lowest BCUT2D eigenvalue weighted by molar-refractivity contribution is 0.442. The summed E-state index contributed by atoms with van der Waals surface area (Å²) >= 11 is 0. The van der Waals surface area contributed by atoms with Crippen LogP contribution < -0.4 is 10.1 Å². The van der Waals surface area contributed by atoms with Gasteiger partial charge in [-0.05, 0) is 31.5 Å². The van der Waals surface area contributed by atoms with Crippen LogP contribution in [0, 0.1) is 6.92 Å². The molecule has 0 aliphatic rings. The Hall–Kier alpha value is -1.94. The molecule has 0 unspecified atom stereocenters. The number of rotatable bonds is 6. The average molecular weight is 285 g/mol. The Morgan fingerprint density at radius 1 is 1.24 bits per heavy atom. The normalized spacial score (nSPS) is 10.9. The summed E-state index contributed by atoms with van der Waals surface area (Å²) in [6.07, 6.45) is 2.59. The highest BCUT2D eigenvalue weighted by Gasteiger charge is 2.10. The summed E-state index contributed by atoms with van der Waals surface area (Å²) in [4.78, 5) is 8.88. The fourth-order valence-electron chi connectivity index (χ4n) is 2.01. The van der Waals surface area contributed by atoms with E-state index in [4.69, 9.17) is 4.74 Å². The molecule has 112 valence electrons. The summed E-state index contributed by atoms with van der Waals surface area (Å²) in [5.74, 6) is 1.43. The molecule has 0 saturated heterocycles. The second-order valence-corrected chi connectivity index (χ2v) is 5.36. The minimum absolute atomic E-state index is 0.422. The lowest BCUT2D eigenvalue weighted by Crippen LogP contribution is -2.22. The number of aryl methyl sites for hydroxylation is 2. The zero-order chi connectivity index (χ0) is 15.2. The third-order valence-corrected chi connectivity index (χ3v) is 3.16. The molecule has 2 rings (SSSR count). The van der Waals surface area contributed by atoms with Crippen molar-refractivity contribution < 1.29 is 4.74 Å². The Morgan fingerprint density at radius 3 is 2.76 bits per heavy atom. The molecule has 0 radical (unpaired) electrons. The standard InChI is InChI=1S/C17H23N3O/c1-5-15-16(9-8-13(4)20-15)21-17-14(7-6-10-18-17)11-19-12(2)3/h6-10,12,19H,5,11H2,1-4H3. The molecule has 0 saturated carbocycles. The monoisotopic (exact) mass is 285 g/mol. The molecule has 0 bridgehead atoms. The number of pyridine rings is 2. The second kappa shape index (κ2) is 7.18. The van der Waals surface area contributed by atoms with Gasteiger partial charge < -0.3 is 10.1 Å². The van der Waals surface area contributed by atoms with Crippen LogP contribution in [0.5, 0.6) is 11.6 Å². The van der Waals surface area contributed by atoms with Gasteiger partial charge in [0, 0.05) is 30.0 Å². The van der Waals surface area contributed by atoms with Crippen LogP contribution >= 0.6 is 0 Å². The van der Waals surface area contributed by atoms with Gasteiger partial charge in [0.25, 0.3) is 0 Å². The van der Waals surface area contributed by atoms with Gasteiger partial charge in [-0.3, -0.25) is 4.98 Å². The van der Waals surface area contributed by atoms with E-state index in [-0.39, 0.29) is 0 Å². The highest BCUT2D eigenvalue weighted by molar-refractivity contribution is 5.35. The van der Waals surface area contributed by atoms with Crippen molar-refractivity contribution in [2.24, 2.45) is 0 Å². The number of hydrogen-bond donors (Lipinski definition) is 1. The Balaban J connectivity index is 2.23. The van der Waals surface area contributed by atoms with Crippen molar-refractivity contribution in [2.45, 2.75) is 46.7 Å². The van der Waals surface area contributed by atoms with Gasteiger partial charge in [0.1, 0.15) is 0 Å². The molecule has 0 spiro atoms. The van der Waals surface area contributed by atoms with Crippen LogP contribution in [0.15, 0.2) is 30.5 Å². The smallest absolute Gasteiger partial charge is 0.223 e. The molecule has 0 amide bonds. The molecular formula is C17H23N3O. The molecule has 4 heteroatoms. The molecule has 2 heterocycles. The number of nitrogens with one attached hydrogen (secondary N) is 1. The van der Waals surface area contributed by atoms with Crippen LogP contribution in [0.4, 0.5) is 0 Å². The summed E-state index contributed by atoms with van der Waals surface area (Å²) < 4.78 is 6.01. The van der Waals surface area contributed by atoms with E-state index in [1.54, 1.807) is 6.20 Å². The molecule has 0 aliphatic heterocycles. The van der Waals surface area contributed by atoms with E-state index in [1.807, 2.05) is 31.2 Å². The second-order valence-electron chi connectivity index (χ2n) is 5.36. The van der Waals surface area contributed by atoms with Crippen molar-refractivity contribution in [1.29, 1.82) is 0 Å². The molecule has 0 fully saturated rings. The van der Waals surface area contributed by atoms with E-state index in [9.17, 15) is 0 Å². The van der Waals surface area contributed by atoms with Crippen LogP contribution in [0.1, 0.15) is 37.7 Å². The summed E-state index contributed by atoms with van der Waals surface area (Å²) in [7, 11) is 0. The predicted octanol–water partition coefficient (Wildman–Crippen LogP) is 3.64. The van der Waals surface area contributed by atoms with Crippen LogP contribution in [-0.4, -0.2) is 16.0 Å². The summed E-state index contributed by atoms with van der Waals surface area (Å²) in [6, 6.07) is 8.31. The summed E-state index contributed by atoms with van der Waals surface area (Å²) in [5, 5.41) is 3.39. The first kappa shape index (κ1) is 15.4. The van der Waals surface area contributed by atoms with E-state index in [0.717, 1.165) is 35.7 Å². The Morgan fingerprint density at radius 2 is 2.05 bits per heavy atom. The lowest BCUT2D eigenvalue weighted by atomic mass is 10.2. The molecule has 2 aromatic heterocycles. The van der Waals surface area contributed by atoms with Crippen molar-refractivity contribution in [1.82, 2.24) is 15.3 Å². The average Bonchev–Trinajstić information content (AvgIpc) is 2.48. The largest absolute Gasteiger partial charge is 0.437 e. The highest BCUT2D eigenvalue weighted by Crippen LogP contribution is 2.26. The topological polar surface area (TPSA) is 47.0 Å². The summed E-state index contributed by atoms with van der Waals surface area (Å²) in [5.41, 5.74) is 3.01. The van der Waals surface area contributed by atoms with E-state index in [0.29, 0.717) is 11.9 Å². The molecule has 21 heavy (non-hydrogen) atoms. The van der Waals surface area contributed by atoms with E-state index in [1.165, 1.54) is 0 Å². The van der Waals surface area contributed by atoms with Gasteiger partial charge >= 0.3 is 0 Å². The predicted molar refractivity (Wildman–Crippen MR) is 84.6 cm³/mol. The van der Waals surface area contributed by atoms with Crippen molar-refractivity contribution in [3.8, 4) is 11.6 Å². The maximum atomic E-state index is 6.01. The van der Waals surface area contributed by atoms with Gasteiger partial charge in [0.05, 0.1) is 5.69 Å². The van der Waals surface area contributed by atoms with Crippen molar-refractivity contribution in [2.75, 3.05) is 0 Å². The Kier molecular flexibility index (Phi) is 5.28. The Bertz CT molecular complexity index is 596. The van der Waals surface area contributed by atoms with E-state index >= 15 is 0 Å². The molecule has 2 aromatic rings. The quantitative estimate of drug-likeness (QED) is 0.880. The minimum atomic E-state index is 0.422. The first-order valence-electron chi connectivity index (χ1n) is 7.41. The fourth-order valence-corrected chi connectivity index (χ4v) is 2.01. The van der Waals surface area contributed by atoms with Crippen molar-refractivity contribution in [3.63, 3.8) is 0 Å². The fraction of sp³-hybridized carbons (Fsp3) is 0.412. The van der Waals surface area contributed by atoms with Crippen LogP contribution in [0.2, 0.25) is 0 Å². The maximum Gasteiger partial charge on any atom is 0.223 e. The third-order valence-electron chi connectivity index (χ3n) is 3.16. The van der Waals surface area contributed by atoms with Crippen LogP contribution in [-0.2, 0) is 13.0 Å². The molecule has 1 N–H and O–H groups in total. The SMILES string of the molecule is CCc1nc(C)ccc1Oc1ncccc1CNC(C)C. The van der Waals surface area contributed by atoms with E-state index in [2.05, 4.69) is 36.1 Å². The molecule has 0 aliphatic carbocycles. The number of hydrogen-bond acceptors (Lipinski definition) is 4. The summed E-state index contributed by atoms with van der Waals surface area (Å²) in [6.45, 7) is 9.05. The Labute approximate surface area is 126 Å². The van der Waals surface area contributed by atoms with Gasteiger partial charge in [0.2, 0.25) is 5.88 Å². The van der Waals surface area contributed by atoms with Gasteiger partial charge in [-0.1, -0.05) is 26.8 Å². The molecule has 0 aromatic carbocycles. The maximum absolute atomic E-state index is 6.01. The van der Waals surface area contributed by atoms with E-state index < -0.39 is 0 Å². The minimum Gasteiger partial charge on any atom is -0.437 e. The van der Waals surface area contributed by atoms with Gasteiger partial charge in [-0.2, -0.15) is 0 Å². The first-order chi connectivity index (χ1) is 10.1. The van der Waals surface area contributed by atoms with Gasteiger partial charge in [0.15, 0.2) is 5.75 Å². The molecular weight excluding hydrogens is 262 g/mol. The number of aromatic nitrogens is 2. The van der Waals surface area contributed by atoms with Crippen LogP contribution in [0.25, 0.3) is 0 Å².